The van der Waals surface area contributed by atoms with Crippen molar-refractivity contribution in [3.63, 3.8) is 0 Å². The van der Waals surface area contributed by atoms with Crippen molar-refractivity contribution in [2.24, 2.45) is 11.8 Å². The largest absolute Gasteiger partial charge is 0.370 e. The highest BCUT2D eigenvalue weighted by molar-refractivity contribution is 5.46. The predicted molar refractivity (Wildman–Crippen MR) is 80.4 cm³/mol. The molecule has 1 aliphatic rings. The highest BCUT2D eigenvalue weighted by Crippen LogP contribution is 2.30. The normalized spacial score (nSPS) is 27.0. The van der Waals surface area contributed by atoms with Gasteiger partial charge in [0.05, 0.1) is 0 Å². The van der Waals surface area contributed by atoms with E-state index in [1.165, 1.54) is 19.3 Å². The standard InChI is InChI=1S/C15H26N4/c1-4-5-16-14-9-15(18-10-17-14)19-13-7-11(2)6-12(3)8-13/h9-13H,4-8H2,1-3H3,(H2,16,17,18,19). The fraction of sp³-hybridized carbons (Fsp3) is 0.733. The number of hydrogen-bond acceptors (Lipinski definition) is 4. The van der Waals surface area contributed by atoms with Crippen LogP contribution in [0, 0.1) is 11.8 Å². The maximum absolute atomic E-state index is 4.33. The first-order valence-corrected chi connectivity index (χ1v) is 7.49. The van der Waals surface area contributed by atoms with Crippen LogP contribution in [0.4, 0.5) is 11.6 Å². The van der Waals surface area contributed by atoms with Crippen molar-refractivity contribution in [3.05, 3.63) is 12.4 Å². The number of anilines is 2. The van der Waals surface area contributed by atoms with E-state index < -0.39 is 0 Å². The molecule has 106 valence electrons. The van der Waals surface area contributed by atoms with Crippen molar-refractivity contribution in [1.29, 1.82) is 0 Å². The maximum atomic E-state index is 4.33. The summed E-state index contributed by atoms with van der Waals surface area (Å²) in [6.07, 6.45) is 6.57. The number of rotatable bonds is 5. The summed E-state index contributed by atoms with van der Waals surface area (Å²) in [6, 6.07) is 2.56. The lowest BCUT2D eigenvalue weighted by Crippen LogP contribution is -2.30. The van der Waals surface area contributed by atoms with Gasteiger partial charge >= 0.3 is 0 Å². The molecule has 0 spiro atoms. The molecule has 2 N–H and O–H groups in total. The molecule has 0 saturated heterocycles. The number of aromatic nitrogens is 2. The molecule has 1 fully saturated rings. The van der Waals surface area contributed by atoms with Crippen molar-refractivity contribution < 1.29 is 0 Å². The summed E-state index contributed by atoms with van der Waals surface area (Å²) in [5, 5.41) is 6.87. The van der Waals surface area contributed by atoms with Gasteiger partial charge in [-0.1, -0.05) is 20.8 Å². The molecule has 0 aliphatic heterocycles. The van der Waals surface area contributed by atoms with E-state index in [2.05, 4.69) is 41.4 Å². The van der Waals surface area contributed by atoms with E-state index in [0.29, 0.717) is 6.04 Å². The van der Waals surface area contributed by atoms with E-state index in [4.69, 9.17) is 0 Å². The Morgan fingerprint density at radius 1 is 1.11 bits per heavy atom. The lowest BCUT2D eigenvalue weighted by Gasteiger charge is -2.32. The first kappa shape index (κ1) is 14.1. The van der Waals surface area contributed by atoms with Crippen LogP contribution in [0.5, 0.6) is 0 Å². The minimum Gasteiger partial charge on any atom is -0.370 e. The van der Waals surface area contributed by atoms with Gasteiger partial charge in [-0.25, -0.2) is 9.97 Å². The van der Waals surface area contributed by atoms with Gasteiger partial charge in [0, 0.05) is 18.7 Å². The molecule has 0 radical (unpaired) electrons. The van der Waals surface area contributed by atoms with E-state index >= 15 is 0 Å². The van der Waals surface area contributed by atoms with E-state index in [-0.39, 0.29) is 0 Å². The first-order chi connectivity index (χ1) is 9.17. The molecule has 0 aromatic carbocycles. The van der Waals surface area contributed by atoms with Crippen LogP contribution in [0.2, 0.25) is 0 Å². The highest BCUT2D eigenvalue weighted by Gasteiger charge is 2.23. The molecule has 4 nitrogen and oxygen atoms in total. The smallest absolute Gasteiger partial charge is 0.131 e. The second-order valence-electron chi connectivity index (χ2n) is 5.97. The Morgan fingerprint density at radius 3 is 2.47 bits per heavy atom. The van der Waals surface area contributed by atoms with Crippen molar-refractivity contribution in [1.82, 2.24) is 9.97 Å². The Morgan fingerprint density at radius 2 is 1.79 bits per heavy atom. The lowest BCUT2D eigenvalue weighted by molar-refractivity contribution is 0.280. The Hall–Kier alpha value is -1.32. The van der Waals surface area contributed by atoms with Crippen LogP contribution in [0.15, 0.2) is 12.4 Å². The lowest BCUT2D eigenvalue weighted by atomic mass is 9.80. The number of nitrogens with zero attached hydrogens (tertiary/aromatic N) is 2. The van der Waals surface area contributed by atoms with Gasteiger partial charge < -0.3 is 10.6 Å². The van der Waals surface area contributed by atoms with Gasteiger partial charge in [0.15, 0.2) is 0 Å². The molecule has 19 heavy (non-hydrogen) atoms. The molecule has 2 unspecified atom stereocenters. The van der Waals surface area contributed by atoms with E-state index in [1.807, 2.05) is 6.07 Å². The third kappa shape index (κ3) is 4.37. The fourth-order valence-corrected chi connectivity index (χ4v) is 3.06. The van der Waals surface area contributed by atoms with Gasteiger partial charge in [-0.05, 0) is 37.5 Å². The average molecular weight is 262 g/mol. The van der Waals surface area contributed by atoms with E-state index in [1.54, 1.807) is 6.33 Å². The van der Waals surface area contributed by atoms with Crippen LogP contribution in [-0.4, -0.2) is 22.6 Å². The van der Waals surface area contributed by atoms with Crippen LogP contribution in [0.3, 0.4) is 0 Å². The van der Waals surface area contributed by atoms with Crippen LogP contribution < -0.4 is 10.6 Å². The average Bonchev–Trinajstić information content (AvgIpc) is 2.35. The zero-order chi connectivity index (χ0) is 13.7. The highest BCUT2D eigenvalue weighted by atomic mass is 15.1. The van der Waals surface area contributed by atoms with Gasteiger partial charge in [0.25, 0.3) is 0 Å². The summed E-state index contributed by atoms with van der Waals surface area (Å²) >= 11 is 0. The second-order valence-corrected chi connectivity index (χ2v) is 5.97. The van der Waals surface area contributed by atoms with Crippen molar-refractivity contribution in [3.8, 4) is 0 Å². The summed E-state index contributed by atoms with van der Waals surface area (Å²) in [7, 11) is 0. The van der Waals surface area contributed by atoms with E-state index in [9.17, 15) is 0 Å². The second kappa shape index (κ2) is 6.73. The molecule has 1 aromatic rings. The van der Waals surface area contributed by atoms with Crippen LogP contribution in [0.1, 0.15) is 46.5 Å². The Balaban J connectivity index is 1.94. The summed E-state index contributed by atoms with van der Waals surface area (Å²) in [5.74, 6) is 3.47. The van der Waals surface area contributed by atoms with Crippen molar-refractivity contribution in [2.45, 2.75) is 52.5 Å². The predicted octanol–water partition coefficient (Wildman–Crippen LogP) is 3.54. The molecule has 1 saturated carbocycles. The molecule has 2 rings (SSSR count). The summed E-state index contributed by atoms with van der Waals surface area (Å²) in [5.41, 5.74) is 0. The Labute approximate surface area is 116 Å². The quantitative estimate of drug-likeness (QED) is 0.852. The number of nitrogens with one attached hydrogen (secondary N) is 2. The maximum Gasteiger partial charge on any atom is 0.131 e. The Kier molecular flexibility index (Phi) is 5.00. The fourth-order valence-electron chi connectivity index (χ4n) is 3.06. The molecule has 0 amide bonds. The molecular weight excluding hydrogens is 236 g/mol. The number of hydrogen-bond donors (Lipinski definition) is 2. The van der Waals surface area contributed by atoms with Gasteiger partial charge in [-0.15, -0.1) is 0 Å². The SMILES string of the molecule is CCCNc1cc(NC2CC(C)CC(C)C2)ncn1. The minimum absolute atomic E-state index is 0.549. The summed E-state index contributed by atoms with van der Waals surface area (Å²) < 4.78 is 0. The van der Waals surface area contributed by atoms with Crippen LogP contribution >= 0.6 is 0 Å². The molecular formula is C15H26N4. The monoisotopic (exact) mass is 262 g/mol. The van der Waals surface area contributed by atoms with Crippen LogP contribution in [-0.2, 0) is 0 Å². The first-order valence-electron chi connectivity index (χ1n) is 7.49. The molecule has 1 aromatic heterocycles. The molecule has 1 aliphatic carbocycles. The molecule has 4 heteroatoms. The Bertz CT molecular complexity index is 383. The van der Waals surface area contributed by atoms with Gasteiger partial charge in [-0.3, -0.25) is 0 Å². The third-order valence-electron chi connectivity index (χ3n) is 3.75. The molecule has 0 bridgehead atoms. The third-order valence-corrected chi connectivity index (χ3v) is 3.75. The zero-order valence-electron chi connectivity index (χ0n) is 12.3. The summed E-state index contributed by atoms with van der Waals surface area (Å²) in [6.45, 7) is 7.79. The van der Waals surface area contributed by atoms with Gasteiger partial charge in [0.2, 0.25) is 0 Å². The summed E-state index contributed by atoms with van der Waals surface area (Å²) in [4.78, 5) is 8.57. The molecule has 2 atom stereocenters. The van der Waals surface area contributed by atoms with E-state index in [0.717, 1.165) is 36.4 Å². The minimum atomic E-state index is 0.549. The van der Waals surface area contributed by atoms with Gasteiger partial charge in [0.1, 0.15) is 18.0 Å². The van der Waals surface area contributed by atoms with Crippen molar-refractivity contribution >= 4 is 11.6 Å². The zero-order valence-corrected chi connectivity index (χ0v) is 12.3. The molecule has 1 heterocycles. The van der Waals surface area contributed by atoms with Crippen LogP contribution in [0.25, 0.3) is 0 Å². The van der Waals surface area contributed by atoms with Crippen molar-refractivity contribution in [2.75, 3.05) is 17.2 Å². The topological polar surface area (TPSA) is 49.8 Å². The van der Waals surface area contributed by atoms with Gasteiger partial charge in [-0.2, -0.15) is 0 Å².